The van der Waals surface area contributed by atoms with Gasteiger partial charge in [-0.1, -0.05) is 23.2 Å². The Kier molecular flexibility index (Phi) is 2.38. The van der Waals surface area contributed by atoms with Crippen LogP contribution in [0.2, 0.25) is 0 Å². The topological polar surface area (TPSA) is 65.1 Å². The van der Waals surface area contributed by atoms with E-state index in [2.05, 4.69) is 9.98 Å². The zero-order valence-corrected chi connectivity index (χ0v) is 10.5. The van der Waals surface area contributed by atoms with Crippen molar-refractivity contribution < 1.29 is 14.2 Å². The molecule has 0 aliphatic carbocycles. The predicted molar refractivity (Wildman–Crippen MR) is 69.8 cm³/mol. The van der Waals surface area contributed by atoms with Crippen LogP contribution in [0.3, 0.4) is 0 Å². The van der Waals surface area contributed by atoms with Gasteiger partial charge in [0.15, 0.2) is 0 Å². The van der Waals surface area contributed by atoms with Gasteiger partial charge < -0.3 is 0 Å². The van der Waals surface area contributed by atoms with E-state index >= 15 is 0 Å². The Hall–Kier alpha value is -2.63. The minimum absolute atomic E-state index is 0.212. The summed E-state index contributed by atoms with van der Waals surface area (Å²) in [6, 6.07) is 8.94. The van der Waals surface area contributed by atoms with Crippen molar-refractivity contribution in [2.45, 2.75) is 0 Å². The Bertz CT molecular complexity index is 686. The van der Waals surface area contributed by atoms with Crippen molar-refractivity contribution >= 4 is 29.3 Å². The smallest absolute Gasteiger partial charge is 0.248 e. The number of carbonyl (C=O) groups is 2. The molecule has 0 unspecified atom stereocenters. The fraction of sp³-hybridized carbons (Fsp3) is 0.154. The van der Waals surface area contributed by atoms with Gasteiger partial charge in [-0.05, 0) is 12.1 Å². The molecule has 0 radical (unpaired) electrons. The number of urea groups is 1. The molecule has 2 aliphatic heterocycles. The van der Waals surface area contributed by atoms with Crippen molar-refractivity contribution in [2.24, 2.45) is 9.98 Å². The van der Waals surface area contributed by atoms with Gasteiger partial charge in [-0.25, -0.2) is 9.59 Å². The van der Waals surface area contributed by atoms with Crippen molar-refractivity contribution in [1.29, 1.82) is 0 Å². The number of hydrogen-bond acceptors (Lipinski definition) is 4. The third-order valence-corrected chi connectivity index (χ3v) is 3.07. The number of amides is 3. The van der Waals surface area contributed by atoms with Gasteiger partial charge in [0.1, 0.15) is 0 Å². The van der Waals surface area contributed by atoms with Crippen LogP contribution in [0.4, 0.5) is 4.79 Å². The Morgan fingerprint density at radius 1 is 1.11 bits per heavy atom. The van der Waals surface area contributed by atoms with E-state index in [1.807, 2.05) is 30.3 Å². The van der Waals surface area contributed by atoms with Crippen LogP contribution in [0.1, 0.15) is 5.56 Å². The molecule has 0 spiro atoms. The molecule has 6 heteroatoms. The fourth-order valence-corrected chi connectivity index (χ4v) is 1.99. The van der Waals surface area contributed by atoms with Crippen molar-refractivity contribution in [2.75, 3.05) is 14.1 Å². The summed E-state index contributed by atoms with van der Waals surface area (Å²) in [6.07, 6.45) is 0. The third-order valence-electron chi connectivity index (χ3n) is 3.07. The number of amidine groups is 2. The summed E-state index contributed by atoms with van der Waals surface area (Å²) in [5.74, 6) is 0.341. The maximum Gasteiger partial charge on any atom is 0.446 e. The number of imide groups is 1. The predicted octanol–water partition coefficient (Wildman–Crippen LogP) is 0.521. The van der Waals surface area contributed by atoms with Gasteiger partial charge in [0.05, 0.1) is 14.1 Å². The van der Waals surface area contributed by atoms with Crippen molar-refractivity contribution in [3.05, 3.63) is 35.9 Å². The molecule has 0 fully saturated rings. The standard InChI is InChI=1S/C13H11N4O2/c1-16-11-9(12(18)17(2)13(16)19)14-10(15-11)8-6-4-3-5-7-8/h3-7H,1-2H3/q+1. The number of carbonyl (C=O) groups excluding carboxylic acids is 2. The van der Waals surface area contributed by atoms with E-state index < -0.39 is 11.9 Å². The van der Waals surface area contributed by atoms with Crippen LogP contribution in [0.15, 0.2) is 40.3 Å². The summed E-state index contributed by atoms with van der Waals surface area (Å²) in [7, 11) is 3.01. The maximum absolute atomic E-state index is 12.0. The first-order valence-electron chi connectivity index (χ1n) is 5.75. The number of aliphatic imine (C=N–C) groups is 2. The molecule has 94 valence electrons. The van der Waals surface area contributed by atoms with Crippen LogP contribution in [0, 0.1) is 0 Å². The monoisotopic (exact) mass is 255 g/mol. The Labute approximate surface area is 109 Å². The number of nitrogens with zero attached hydrogens (tertiary/aromatic N) is 4. The summed E-state index contributed by atoms with van der Waals surface area (Å²) in [5, 5.41) is 0. The maximum atomic E-state index is 12.0. The largest absolute Gasteiger partial charge is 0.446 e. The molecule has 6 nitrogen and oxygen atoms in total. The summed E-state index contributed by atoms with van der Waals surface area (Å²) >= 11 is 0. The van der Waals surface area contributed by atoms with Gasteiger partial charge in [-0.2, -0.15) is 14.5 Å². The van der Waals surface area contributed by atoms with E-state index in [9.17, 15) is 9.59 Å². The summed E-state index contributed by atoms with van der Waals surface area (Å²) < 4.78 is 1.33. The lowest BCUT2D eigenvalue weighted by Gasteiger charge is -2.15. The van der Waals surface area contributed by atoms with E-state index in [1.165, 1.54) is 11.6 Å². The molecule has 0 bridgehead atoms. The molecule has 2 heterocycles. The van der Waals surface area contributed by atoms with E-state index in [4.69, 9.17) is 0 Å². The van der Waals surface area contributed by atoms with Crippen LogP contribution in [0.25, 0.3) is 0 Å². The van der Waals surface area contributed by atoms with Crippen molar-refractivity contribution in [1.82, 2.24) is 4.90 Å². The molecule has 3 amide bonds. The Morgan fingerprint density at radius 3 is 2.47 bits per heavy atom. The SMILES string of the molecule is CN1C(=O)C2=NC(c3ccccc3)=NC2=[N+](C)C1=O. The van der Waals surface area contributed by atoms with Crippen molar-refractivity contribution in [3.8, 4) is 0 Å². The highest BCUT2D eigenvalue weighted by molar-refractivity contribution is 6.70. The number of hydrogen-bond donors (Lipinski definition) is 0. The molecule has 19 heavy (non-hydrogen) atoms. The van der Waals surface area contributed by atoms with E-state index in [0.29, 0.717) is 11.7 Å². The summed E-state index contributed by atoms with van der Waals surface area (Å²) in [5.41, 5.74) is 1.02. The quantitative estimate of drug-likeness (QED) is 0.687. The van der Waals surface area contributed by atoms with E-state index in [-0.39, 0.29) is 5.71 Å². The van der Waals surface area contributed by atoms with Crippen molar-refractivity contribution in [3.63, 3.8) is 0 Å². The van der Waals surface area contributed by atoms with Crippen LogP contribution in [-0.4, -0.2) is 52.9 Å². The zero-order valence-electron chi connectivity index (χ0n) is 10.5. The lowest BCUT2D eigenvalue weighted by Crippen LogP contribution is -2.51. The average molecular weight is 255 g/mol. The number of rotatable bonds is 1. The van der Waals surface area contributed by atoms with Gasteiger partial charge in [0.25, 0.3) is 0 Å². The van der Waals surface area contributed by atoms with Crippen LogP contribution in [-0.2, 0) is 4.79 Å². The van der Waals surface area contributed by atoms with Gasteiger partial charge in [0.2, 0.25) is 11.5 Å². The molecule has 1 aromatic rings. The highest BCUT2D eigenvalue weighted by atomic mass is 16.2. The molecule has 2 aliphatic rings. The second-order valence-corrected chi connectivity index (χ2v) is 4.29. The van der Waals surface area contributed by atoms with Gasteiger partial charge in [-0.15, -0.1) is 0 Å². The molecule has 0 N–H and O–H groups in total. The molecule has 3 rings (SSSR count). The van der Waals surface area contributed by atoms with E-state index in [0.717, 1.165) is 10.5 Å². The third kappa shape index (κ3) is 1.61. The highest BCUT2D eigenvalue weighted by Crippen LogP contribution is 2.14. The van der Waals surface area contributed by atoms with Crippen LogP contribution < -0.4 is 0 Å². The second-order valence-electron chi connectivity index (χ2n) is 4.29. The molecule has 0 atom stereocenters. The first-order valence-corrected chi connectivity index (χ1v) is 5.75. The van der Waals surface area contributed by atoms with Crippen LogP contribution in [0.5, 0.6) is 0 Å². The molecular formula is C13H11N4O2+. The summed E-state index contributed by atoms with van der Waals surface area (Å²) in [6.45, 7) is 0. The normalized spacial score (nSPS) is 18.5. The number of benzene rings is 1. The molecule has 0 saturated heterocycles. The highest BCUT2D eigenvalue weighted by Gasteiger charge is 2.44. The zero-order chi connectivity index (χ0) is 13.6. The Morgan fingerprint density at radius 2 is 1.79 bits per heavy atom. The first kappa shape index (κ1) is 11.5. The average Bonchev–Trinajstić information content (AvgIpc) is 2.89. The van der Waals surface area contributed by atoms with Gasteiger partial charge in [0, 0.05) is 5.56 Å². The number of fused-ring (bicyclic) bond motifs is 1. The minimum atomic E-state index is -0.423. The molecular weight excluding hydrogens is 244 g/mol. The first-order chi connectivity index (χ1) is 9.09. The molecule has 1 aromatic carbocycles. The second kappa shape index (κ2) is 3.94. The fourth-order valence-electron chi connectivity index (χ4n) is 1.99. The molecule has 0 saturated carbocycles. The lowest BCUT2D eigenvalue weighted by molar-refractivity contribution is -0.401. The van der Waals surface area contributed by atoms with Crippen LogP contribution >= 0.6 is 0 Å². The lowest BCUT2D eigenvalue weighted by atomic mass is 10.2. The van der Waals surface area contributed by atoms with Gasteiger partial charge in [-0.3, -0.25) is 0 Å². The minimum Gasteiger partial charge on any atom is -0.248 e. The summed E-state index contributed by atoms with van der Waals surface area (Å²) in [4.78, 5) is 33.4. The van der Waals surface area contributed by atoms with Gasteiger partial charge >= 0.3 is 17.8 Å². The Balaban J connectivity index is 2.14. The molecule has 0 aromatic heterocycles. The van der Waals surface area contributed by atoms with E-state index in [1.54, 1.807) is 7.05 Å².